The number of ether oxygens (including phenoxy) is 1. The molecule has 3 aromatic rings. The van der Waals surface area contributed by atoms with E-state index in [0.29, 0.717) is 56.3 Å². The van der Waals surface area contributed by atoms with Gasteiger partial charge in [-0.05, 0) is 62.4 Å². The fourth-order valence-corrected chi connectivity index (χ4v) is 5.44. The van der Waals surface area contributed by atoms with E-state index in [0.717, 1.165) is 35.4 Å². The molecule has 7 nitrogen and oxygen atoms in total. The van der Waals surface area contributed by atoms with Crippen LogP contribution >= 0.6 is 11.6 Å². The van der Waals surface area contributed by atoms with Gasteiger partial charge in [0.25, 0.3) is 0 Å². The van der Waals surface area contributed by atoms with Crippen molar-refractivity contribution in [2.24, 2.45) is 5.41 Å². The Labute approximate surface area is 230 Å². The predicted molar refractivity (Wildman–Crippen MR) is 149 cm³/mol. The zero-order valence-corrected chi connectivity index (χ0v) is 23.3. The summed E-state index contributed by atoms with van der Waals surface area (Å²) in [4.78, 5) is 30.5. The molecule has 1 atom stereocenters. The Hall–Kier alpha value is -3.32. The maximum atomic E-state index is 13.5. The lowest BCUT2D eigenvalue weighted by molar-refractivity contribution is -0.141. The van der Waals surface area contributed by atoms with Gasteiger partial charge in [-0.2, -0.15) is 5.10 Å². The van der Waals surface area contributed by atoms with Crippen LogP contribution in [0.1, 0.15) is 48.2 Å². The summed E-state index contributed by atoms with van der Waals surface area (Å²) in [5, 5.41) is 7.84. The molecule has 1 fully saturated rings. The zero-order valence-electron chi connectivity index (χ0n) is 22.5. The van der Waals surface area contributed by atoms with Gasteiger partial charge < -0.3 is 14.5 Å². The van der Waals surface area contributed by atoms with Crippen LogP contribution in [0.25, 0.3) is 0 Å². The molecular weight excluding hydrogens is 500 g/mol. The largest absolute Gasteiger partial charge is 0.493 e. The van der Waals surface area contributed by atoms with Gasteiger partial charge in [0, 0.05) is 55.7 Å². The lowest BCUT2D eigenvalue weighted by Crippen LogP contribution is -2.50. The van der Waals surface area contributed by atoms with Crippen LogP contribution in [0, 0.1) is 19.3 Å². The monoisotopic (exact) mass is 536 g/mol. The van der Waals surface area contributed by atoms with Crippen molar-refractivity contribution in [1.82, 2.24) is 20.0 Å². The third kappa shape index (κ3) is 7.16. The first-order valence-corrected chi connectivity index (χ1v) is 13.6. The number of likely N-dealkylation sites (tertiary alicyclic amines) is 1. The molecule has 0 bridgehead atoms. The summed E-state index contributed by atoms with van der Waals surface area (Å²) >= 11 is 6.17. The molecule has 2 heterocycles. The molecule has 202 valence electrons. The van der Waals surface area contributed by atoms with Gasteiger partial charge in [-0.1, -0.05) is 48.0 Å². The zero-order chi connectivity index (χ0) is 27.1. The van der Waals surface area contributed by atoms with Crippen LogP contribution in [0.2, 0.25) is 5.02 Å². The van der Waals surface area contributed by atoms with Crippen LogP contribution in [-0.2, 0) is 22.6 Å². The van der Waals surface area contributed by atoms with Gasteiger partial charge in [0.2, 0.25) is 11.8 Å². The number of halogens is 1. The molecule has 1 N–H and O–H groups in total. The van der Waals surface area contributed by atoms with Gasteiger partial charge in [0.15, 0.2) is 0 Å². The smallest absolute Gasteiger partial charge is 0.223 e. The van der Waals surface area contributed by atoms with Crippen molar-refractivity contribution in [3.05, 3.63) is 82.1 Å². The second kappa shape index (κ2) is 12.5. The maximum absolute atomic E-state index is 13.5. The highest BCUT2D eigenvalue weighted by atomic mass is 35.5. The van der Waals surface area contributed by atoms with Gasteiger partial charge in [-0.3, -0.25) is 14.7 Å². The molecule has 2 aromatic carbocycles. The number of piperidine rings is 1. The molecule has 1 aliphatic rings. The average Bonchev–Trinajstić information content (AvgIpc) is 3.23. The predicted octanol–water partition coefficient (Wildman–Crippen LogP) is 5.35. The van der Waals surface area contributed by atoms with E-state index in [4.69, 9.17) is 16.3 Å². The molecule has 4 rings (SSSR count). The van der Waals surface area contributed by atoms with Crippen molar-refractivity contribution in [3.8, 4) is 5.75 Å². The fourth-order valence-electron chi connectivity index (χ4n) is 5.26. The number of nitrogens with one attached hydrogen (secondary N) is 1. The van der Waals surface area contributed by atoms with Crippen LogP contribution in [0.5, 0.6) is 5.75 Å². The molecule has 1 aromatic heterocycles. The van der Waals surface area contributed by atoms with Gasteiger partial charge in [-0.25, -0.2) is 0 Å². The second-order valence-corrected chi connectivity index (χ2v) is 10.9. The Morgan fingerprint density at radius 1 is 1.16 bits per heavy atom. The van der Waals surface area contributed by atoms with Crippen LogP contribution < -0.4 is 4.74 Å². The van der Waals surface area contributed by atoms with Crippen LogP contribution in [0.15, 0.2) is 54.6 Å². The SMILES string of the molecule is Cc1n[nH]c(C)c1CCC(=O)N1CCCC(COc2cccc(Cl)c2)(CC(=O)N(C)Cc2ccccc2)C1. The average molecular weight is 537 g/mol. The molecule has 2 amide bonds. The first-order chi connectivity index (χ1) is 18.2. The molecule has 0 spiro atoms. The minimum absolute atomic E-state index is 0.0440. The summed E-state index contributed by atoms with van der Waals surface area (Å²) in [5.74, 6) is 0.806. The fraction of sp³-hybridized carbons (Fsp3) is 0.433. The van der Waals surface area contributed by atoms with Gasteiger partial charge in [0.1, 0.15) is 5.75 Å². The van der Waals surface area contributed by atoms with E-state index in [1.54, 1.807) is 17.0 Å². The van der Waals surface area contributed by atoms with Crippen molar-refractivity contribution in [3.63, 3.8) is 0 Å². The summed E-state index contributed by atoms with van der Waals surface area (Å²) in [6, 6.07) is 17.3. The lowest BCUT2D eigenvalue weighted by Gasteiger charge is -2.43. The molecule has 1 unspecified atom stereocenters. The molecule has 1 saturated heterocycles. The number of aryl methyl sites for hydroxylation is 2. The highest BCUT2D eigenvalue weighted by Crippen LogP contribution is 2.36. The van der Waals surface area contributed by atoms with Gasteiger partial charge in [0.05, 0.1) is 12.3 Å². The number of carbonyl (C=O) groups is 2. The summed E-state index contributed by atoms with van der Waals surface area (Å²) < 4.78 is 6.20. The number of nitrogens with zero attached hydrogens (tertiary/aromatic N) is 3. The van der Waals surface area contributed by atoms with Crippen LogP contribution in [-0.4, -0.2) is 58.6 Å². The van der Waals surface area contributed by atoms with Crippen LogP contribution in [0.4, 0.5) is 0 Å². The van der Waals surface area contributed by atoms with Gasteiger partial charge in [-0.15, -0.1) is 0 Å². The first kappa shape index (κ1) is 27.7. The summed E-state index contributed by atoms with van der Waals surface area (Å²) in [5.41, 5.74) is 3.64. The standard InChI is InChI=1S/C30H37ClN4O3/c1-22-27(23(2)33-32-22)13-14-28(36)35-16-8-15-30(20-35,21-38-26-12-7-11-25(31)17-26)18-29(37)34(3)19-24-9-5-4-6-10-24/h4-7,9-12,17H,8,13-16,18-21H2,1-3H3,(H,32,33). The Balaban J connectivity index is 1.47. The number of hydrogen-bond acceptors (Lipinski definition) is 4. The number of hydrogen-bond donors (Lipinski definition) is 1. The molecule has 0 aliphatic carbocycles. The quantitative estimate of drug-likeness (QED) is 0.379. The number of aromatic amines is 1. The lowest BCUT2D eigenvalue weighted by atomic mass is 9.77. The molecule has 0 radical (unpaired) electrons. The minimum atomic E-state index is -0.486. The van der Waals surface area contributed by atoms with Crippen LogP contribution in [0.3, 0.4) is 0 Å². The topological polar surface area (TPSA) is 78.5 Å². The Kier molecular flexibility index (Phi) is 9.10. The van der Waals surface area contributed by atoms with E-state index >= 15 is 0 Å². The van der Waals surface area contributed by atoms with Crippen molar-refractivity contribution in [1.29, 1.82) is 0 Å². The highest BCUT2D eigenvalue weighted by Gasteiger charge is 2.40. The Morgan fingerprint density at radius 3 is 2.66 bits per heavy atom. The van der Waals surface area contributed by atoms with E-state index in [2.05, 4.69) is 10.2 Å². The molecule has 1 aliphatic heterocycles. The van der Waals surface area contributed by atoms with Crippen molar-refractivity contribution < 1.29 is 14.3 Å². The summed E-state index contributed by atoms with van der Waals surface area (Å²) in [6.07, 6.45) is 3.00. The summed E-state index contributed by atoms with van der Waals surface area (Å²) in [6.45, 7) is 5.99. The number of carbonyl (C=O) groups excluding carboxylic acids is 2. The molecule has 8 heteroatoms. The highest BCUT2D eigenvalue weighted by molar-refractivity contribution is 6.30. The normalized spacial score (nSPS) is 17.3. The van der Waals surface area contributed by atoms with Gasteiger partial charge >= 0.3 is 0 Å². The van der Waals surface area contributed by atoms with Crippen molar-refractivity contribution >= 4 is 23.4 Å². The molecule has 38 heavy (non-hydrogen) atoms. The number of amides is 2. The van der Waals surface area contributed by atoms with E-state index in [1.807, 2.05) is 68.3 Å². The number of aromatic nitrogens is 2. The first-order valence-electron chi connectivity index (χ1n) is 13.2. The van der Waals surface area contributed by atoms with E-state index in [-0.39, 0.29) is 11.8 Å². The second-order valence-electron chi connectivity index (χ2n) is 10.5. The maximum Gasteiger partial charge on any atom is 0.223 e. The Morgan fingerprint density at radius 2 is 1.95 bits per heavy atom. The number of H-pyrrole nitrogens is 1. The van der Waals surface area contributed by atoms with E-state index in [9.17, 15) is 9.59 Å². The summed E-state index contributed by atoms with van der Waals surface area (Å²) in [7, 11) is 1.84. The van der Waals surface area contributed by atoms with E-state index in [1.165, 1.54) is 0 Å². The Bertz CT molecular complexity index is 1230. The van der Waals surface area contributed by atoms with E-state index < -0.39 is 5.41 Å². The van der Waals surface area contributed by atoms with Crippen molar-refractivity contribution in [2.75, 3.05) is 26.7 Å². The third-order valence-electron chi connectivity index (χ3n) is 7.44. The number of benzene rings is 2. The minimum Gasteiger partial charge on any atom is -0.493 e. The number of rotatable bonds is 10. The third-order valence-corrected chi connectivity index (χ3v) is 7.67. The molecular formula is C30H37ClN4O3. The van der Waals surface area contributed by atoms with Crippen molar-refractivity contribution in [2.45, 2.75) is 52.5 Å². The molecule has 0 saturated carbocycles.